The van der Waals surface area contributed by atoms with Gasteiger partial charge in [-0.3, -0.25) is 14.6 Å². The fourth-order valence-electron chi connectivity index (χ4n) is 2.10. The van der Waals surface area contributed by atoms with E-state index in [1.807, 2.05) is 0 Å². The molecule has 92 valence electrons. The van der Waals surface area contributed by atoms with Crippen molar-refractivity contribution in [2.45, 2.75) is 32.1 Å². The molecule has 0 atom stereocenters. The van der Waals surface area contributed by atoms with Gasteiger partial charge in [-0.25, -0.2) is 4.79 Å². The lowest BCUT2D eigenvalue weighted by atomic mass is 9.88. The Morgan fingerprint density at radius 1 is 1.24 bits per heavy atom. The third kappa shape index (κ3) is 2.83. The Bertz CT molecular complexity index is 511. The molecular weight excluding hydrogens is 222 g/mol. The molecule has 0 aliphatic heterocycles. The Morgan fingerprint density at radius 2 is 1.94 bits per heavy atom. The number of aromatic amines is 2. The van der Waals surface area contributed by atoms with Gasteiger partial charge in [0.15, 0.2) is 0 Å². The third-order valence-electron chi connectivity index (χ3n) is 3.05. The van der Waals surface area contributed by atoms with Gasteiger partial charge in [0.2, 0.25) is 5.91 Å². The zero-order valence-corrected chi connectivity index (χ0v) is 9.41. The molecule has 1 aliphatic carbocycles. The standard InChI is InChI=1S/C11H15N3O3/c15-9(7-4-2-1-3-5-7)13-8-6-12-11(17)14-10(8)16/h6-7H,1-5H2,(H,13,15)(H2,12,14,16,17). The normalized spacial score (nSPS) is 16.7. The van der Waals surface area contributed by atoms with E-state index < -0.39 is 11.2 Å². The summed E-state index contributed by atoms with van der Waals surface area (Å²) >= 11 is 0. The molecule has 2 rings (SSSR count). The van der Waals surface area contributed by atoms with Gasteiger partial charge in [0, 0.05) is 12.1 Å². The summed E-state index contributed by atoms with van der Waals surface area (Å²) in [5, 5.41) is 2.55. The minimum atomic E-state index is -0.578. The van der Waals surface area contributed by atoms with Crippen LogP contribution < -0.4 is 16.6 Å². The van der Waals surface area contributed by atoms with E-state index in [1.54, 1.807) is 0 Å². The quantitative estimate of drug-likeness (QED) is 0.702. The van der Waals surface area contributed by atoms with E-state index in [9.17, 15) is 14.4 Å². The van der Waals surface area contributed by atoms with Crippen LogP contribution in [0.2, 0.25) is 0 Å². The van der Waals surface area contributed by atoms with E-state index in [0.717, 1.165) is 25.7 Å². The first-order valence-corrected chi connectivity index (χ1v) is 5.79. The van der Waals surface area contributed by atoms with Crippen molar-refractivity contribution < 1.29 is 4.79 Å². The number of aromatic nitrogens is 2. The molecule has 3 N–H and O–H groups in total. The summed E-state index contributed by atoms with van der Waals surface area (Å²) in [5.41, 5.74) is -1.05. The second-order valence-electron chi connectivity index (χ2n) is 4.31. The van der Waals surface area contributed by atoms with Crippen LogP contribution in [0, 0.1) is 5.92 Å². The molecule has 0 unspecified atom stereocenters. The number of amides is 1. The van der Waals surface area contributed by atoms with Crippen molar-refractivity contribution in [1.82, 2.24) is 9.97 Å². The van der Waals surface area contributed by atoms with Crippen molar-refractivity contribution in [1.29, 1.82) is 0 Å². The maximum absolute atomic E-state index is 11.8. The fraction of sp³-hybridized carbons (Fsp3) is 0.545. The molecule has 0 radical (unpaired) electrons. The molecule has 1 heterocycles. The van der Waals surface area contributed by atoms with Gasteiger partial charge in [0.05, 0.1) is 0 Å². The average Bonchev–Trinajstić information content (AvgIpc) is 2.34. The Labute approximate surface area is 97.5 Å². The van der Waals surface area contributed by atoms with E-state index in [4.69, 9.17) is 0 Å². The van der Waals surface area contributed by atoms with Crippen LogP contribution in [0.4, 0.5) is 5.69 Å². The van der Waals surface area contributed by atoms with Gasteiger partial charge >= 0.3 is 5.69 Å². The number of hydrogen-bond donors (Lipinski definition) is 3. The van der Waals surface area contributed by atoms with Crippen LogP contribution in [0.1, 0.15) is 32.1 Å². The first-order chi connectivity index (χ1) is 8.16. The van der Waals surface area contributed by atoms with Crippen LogP contribution in [0.3, 0.4) is 0 Å². The molecule has 17 heavy (non-hydrogen) atoms. The van der Waals surface area contributed by atoms with Crippen molar-refractivity contribution >= 4 is 11.6 Å². The number of nitrogens with one attached hydrogen (secondary N) is 3. The maximum atomic E-state index is 11.8. The molecule has 0 bridgehead atoms. The monoisotopic (exact) mass is 237 g/mol. The highest BCUT2D eigenvalue weighted by Crippen LogP contribution is 2.24. The predicted molar refractivity (Wildman–Crippen MR) is 62.9 cm³/mol. The highest BCUT2D eigenvalue weighted by Gasteiger charge is 2.21. The lowest BCUT2D eigenvalue weighted by Crippen LogP contribution is -2.30. The maximum Gasteiger partial charge on any atom is 0.325 e. The summed E-state index contributed by atoms with van der Waals surface area (Å²) in [6, 6.07) is 0. The van der Waals surface area contributed by atoms with E-state index in [0.29, 0.717) is 0 Å². The van der Waals surface area contributed by atoms with Crippen molar-refractivity contribution in [2.75, 3.05) is 5.32 Å². The summed E-state index contributed by atoms with van der Waals surface area (Å²) < 4.78 is 0. The Kier molecular flexibility index (Phi) is 3.41. The minimum Gasteiger partial charge on any atom is -0.320 e. The number of carbonyl (C=O) groups is 1. The minimum absolute atomic E-state index is 0.0184. The van der Waals surface area contributed by atoms with Crippen LogP contribution in [0.5, 0.6) is 0 Å². The molecule has 0 saturated heterocycles. The van der Waals surface area contributed by atoms with Crippen LogP contribution in [-0.2, 0) is 4.79 Å². The molecule has 6 nitrogen and oxygen atoms in total. The first-order valence-electron chi connectivity index (χ1n) is 5.79. The Hall–Kier alpha value is -1.85. The van der Waals surface area contributed by atoms with Gasteiger partial charge in [-0.15, -0.1) is 0 Å². The summed E-state index contributed by atoms with van der Waals surface area (Å²) in [5.74, 6) is -0.155. The molecule has 1 fully saturated rings. The number of rotatable bonds is 2. The summed E-state index contributed by atoms with van der Waals surface area (Å²) in [6.45, 7) is 0. The van der Waals surface area contributed by atoms with Gasteiger partial charge in [-0.2, -0.15) is 0 Å². The van der Waals surface area contributed by atoms with Gasteiger partial charge in [0.25, 0.3) is 5.56 Å². The van der Waals surface area contributed by atoms with Crippen molar-refractivity contribution in [2.24, 2.45) is 5.92 Å². The first kappa shape index (κ1) is 11.6. The second kappa shape index (κ2) is 4.99. The van der Waals surface area contributed by atoms with Crippen LogP contribution in [0.25, 0.3) is 0 Å². The highest BCUT2D eigenvalue weighted by atomic mass is 16.2. The second-order valence-corrected chi connectivity index (χ2v) is 4.31. The van der Waals surface area contributed by atoms with E-state index in [-0.39, 0.29) is 17.5 Å². The third-order valence-corrected chi connectivity index (χ3v) is 3.05. The van der Waals surface area contributed by atoms with Crippen molar-refractivity contribution in [3.63, 3.8) is 0 Å². The van der Waals surface area contributed by atoms with E-state index in [2.05, 4.69) is 15.3 Å². The Balaban J connectivity index is 2.07. The molecule has 1 saturated carbocycles. The summed E-state index contributed by atoms with van der Waals surface area (Å²) in [4.78, 5) is 38.4. The molecular formula is C11H15N3O3. The van der Waals surface area contributed by atoms with Gasteiger partial charge in [0.1, 0.15) is 5.69 Å². The molecule has 1 aromatic heterocycles. The SMILES string of the molecule is O=C(Nc1c[nH]c(=O)[nH]c1=O)C1CCCCC1. The fourth-order valence-corrected chi connectivity index (χ4v) is 2.10. The van der Waals surface area contributed by atoms with Gasteiger partial charge < -0.3 is 10.3 Å². The zero-order chi connectivity index (χ0) is 12.3. The lowest BCUT2D eigenvalue weighted by molar-refractivity contribution is -0.120. The highest BCUT2D eigenvalue weighted by molar-refractivity contribution is 5.92. The smallest absolute Gasteiger partial charge is 0.320 e. The molecule has 0 aromatic carbocycles. The van der Waals surface area contributed by atoms with Crippen molar-refractivity contribution in [3.8, 4) is 0 Å². The molecule has 0 spiro atoms. The molecule has 1 aliphatic rings. The number of carbonyl (C=O) groups excluding carboxylic acids is 1. The van der Waals surface area contributed by atoms with E-state index in [1.165, 1.54) is 12.6 Å². The van der Waals surface area contributed by atoms with Crippen LogP contribution >= 0.6 is 0 Å². The summed E-state index contributed by atoms with van der Waals surface area (Å²) in [7, 11) is 0. The molecule has 6 heteroatoms. The van der Waals surface area contributed by atoms with Crippen LogP contribution in [-0.4, -0.2) is 15.9 Å². The lowest BCUT2D eigenvalue weighted by Gasteiger charge is -2.20. The largest absolute Gasteiger partial charge is 0.325 e. The molecule has 1 aromatic rings. The van der Waals surface area contributed by atoms with Gasteiger partial charge in [-0.1, -0.05) is 19.3 Å². The number of hydrogen-bond acceptors (Lipinski definition) is 3. The summed E-state index contributed by atoms with van der Waals surface area (Å²) in [6.07, 6.45) is 6.24. The topological polar surface area (TPSA) is 94.8 Å². The van der Waals surface area contributed by atoms with E-state index >= 15 is 0 Å². The van der Waals surface area contributed by atoms with Crippen molar-refractivity contribution in [3.05, 3.63) is 27.0 Å². The zero-order valence-electron chi connectivity index (χ0n) is 9.41. The number of H-pyrrole nitrogens is 2. The van der Waals surface area contributed by atoms with Gasteiger partial charge in [-0.05, 0) is 12.8 Å². The number of anilines is 1. The molecule has 1 amide bonds. The van der Waals surface area contributed by atoms with Crippen LogP contribution in [0.15, 0.2) is 15.8 Å². The predicted octanol–water partition coefficient (Wildman–Crippen LogP) is 0.582. The average molecular weight is 237 g/mol. The Morgan fingerprint density at radius 3 is 2.59 bits per heavy atom.